The summed E-state index contributed by atoms with van der Waals surface area (Å²) < 4.78 is 5.05. The van der Waals surface area contributed by atoms with Crippen LogP contribution in [0.25, 0.3) is 0 Å². The van der Waals surface area contributed by atoms with Crippen molar-refractivity contribution >= 4 is 29.1 Å². The molecule has 0 saturated heterocycles. The molecule has 0 spiro atoms. The van der Waals surface area contributed by atoms with E-state index in [2.05, 4.69) is 48.0 Å². The molecule has 2 nitrogen and oxygen atoms in total. The summed E-state index contributed by atoms with van der Waals surface area (Å²) in [5, 5.41) is 3.36. The van der Waals surface area contributed by atoms with Crippen molar-refractivity contribution in [2.75, 3.05) is 6.61 Å². The molecule has 0 aliphatic rings. The van der Waals surface area contributed by atoms with E-state index in [1.54, 1.807) is 6.92 Å². The van der Waals surface area contributed by atoms with Gasteiger partial charge in [0.05, 0.1) is 12.5 Å². The maximum Gasteiger partial charge on any atom is 0.387 e. The summed E-state index contributed by atoms with van der Waals surface area (Å²) in [6.07, 6.45) is 0. The molecule has 3 aromatic rings. The van der Waals surface area contributed by atoms with Crippen LogP contribution >= 0.6 is 7.26 Å². The highest BCUT2D eigenvalue weighted by Gasteiger charge is 2.44. The van der Waals surface area contributed by atoms with Gasteiger partial charge in [0.2, 0.25) is 0 Å². The molecule has 0 heterocycles. The van der Waals surface area contributed by atoms with Crippen LogP contribution in [0.2, 0.25) is 0 Å². The van der Waals surface area contributed by atoms with E-state index in [1.807, 2.05) is 54.6 Å². The molecule has 3 aromatic carbocycles. The molecule has 0 atom stereocenters. The highest BCUT2D eigenvalue weighted by molar-refractivity contribution is 7.99. The topological polar surface area (TPSA) is 26.3 Å². The second-order valence-electron chi connectivity index (χ2n) is 5.63. The lowest BCUT2D eigenvalue weighted by atomic mass is 10.4. The molecule has 0 bridgehead atoms. The van der Waals surface area contributed by atoms with Gasteiger partial charge in [0.15, 0.2) is 7.26 Å². The quantitative estimate of drug-likeness (QED) is 0.405. The van der Waals surface area contributed by atoms with Crippen molar-refractivity contribution in [1.29, 1.82) is 0 Å². The zero-order valence-corrected chi connectivity index (χ0v) is 15.5. The summed E-state index contributed by atoms with van der Waals surface area (Å²) in [5.74, 6) is 2.27. The van der Waals surface area contributed by atoms with E-state index in [4.69, 9.17) is 4.74 Å². The Morgan fingerprint density at radius 1 is 0.769 bits per heavy atom. The van der Waals surface area contributed by atoms with Gasteiger partial charge in [-0.05, 0) is 43.3 Å². The Hall–Kier alpha value is -2.88. The molecule has 0 aliphatic carbocycles. The van der Waals surface area contributed by atoms with Gasteiger partial charge in [-0.25, -0.2) is 4.79 Å². The number of ether oxygens (including phenoxy) is 1. The summed E-state index contributed by atoms with van der Waals surface area (Å²) in [7, 11) is -2.29. The number of esters is 1. The van der Waals surface area contributed by atoms with Crippen molar-refractivity contribution in [2.45, 2.75) is 6.92 Å². The second kappa shape index (κ2) is 8.48. The van der Waals surface area contributed by atoms with E-state index < -0.39 is 13.2 Å². The highest BCUT2D eigenvalue weighted by Crippen LogP contribution is 2.54. The lowest BCUT2D eigenvalue weighted by Gasteiger charge is -2.20. The van der Waals surface area contributed by atoms with Crippen LogP contribution in [-0.2, 0) is 9.53 Å². The standard InChI is InChI=1S/C23H20O2P/c1-2-25-23(24)18-19-26(20-12-6-3-7-13-20,21-14-8-4-9-15-21)22-16-10-5-11-17-22/h3-17H,2H2,1H3/q+1. The lowest BCUT2D eigenvalue weighted by molar-refractivity contribution is -0.136. The number of rotatable bonds is 4. The molecular formula is C23H20O2P+. The number of carbonyl (C=O) groups is 1. The van der Waals surface area contributed by atoms with Crippen molar-refractivity contribution in [2.24, 2.45) is 0 Å². The summed E-state index contributed by atoms with van der Waals surface area (Å²) in [6.45, 7) is 2.11. The van der Waals surface area contributed by atoms with Crippen molar-refractivity contribution in [3.8, 4) is 11.6 Å². The Morgan fingerprint density at radius 3 is 1.50 bits per heavy atom. The fourth-order valence-electron chi connectivity index (χ4n) is 2.89. The first-order valence-electron chi connectivity index (χ1n) is 8.53. The van der Waals surface area contributed by atoms with Gasteiger partial charge in [-0.3, -0.25) is 0 Å². The second-order valence-corrected chi connectivity index (χ2v) is 8.75. The Morgan fingerprint density at radius 2 is 1.15 bits per heavy atom. The fraction of sp³-hybridized carbons (Fsp3) is 0.0870. The first-order valence-corrected chi connectivity index (χ1v) is 10.3. The Balaban J connectivity index is 2.30. The van der Waals surface area contributed by atoms with Gasteiger partial charge < -0.3 is 4.74 Å². The van der Waals surface area contributed by atoms with Crippen molar-refractivity contribution in [1.82, 2.24) is 0 Å². The molecule has 0 aromatic heterocycles. The number of hydrogen-bond donors (Lipinski definition) is 0. The first-order chi connectivity index (χ1) is 12.8. The number of hydrogen-bond acceptors (Lipinski definition) is 2. The van der Waals surface area contributed by atoms with Crippen LogP contribution in [-0.4, -0.2) is 12.6 Å². The van der Waals surface area contributed by atoms with Crippen LogP contribution in [0.3, 0.4) is 0 Å². The van der Waals surface area contributed by atoms with E-state index in [0.717, 1.165) is 15.9 Å². The summed E-state index contributed by atoms with van der Waals surface area (Å²) in [6, 6.07) is 30.6. The maximum atomic E-state index is 12.0. The minimum atomic E-state index is -2.29. The summed E-state index contributed by atoms with van der Waals surface area (Å²) >= 11 is 0. The van der Waals surface area contributed by atoms with Gasteiger partial charge in [0.25, 0.3) is 0 Å². The van der Waals surface area contributed by atoms with Gasteiger partial charge in [-0.15, -0.1) is 0 Å². The predicted octanol–water partition coefficient (Wildman–Crippen LogP) is 3.50. The Bertz CT molecular complexity index is 813. The van der Waals surface area contributed by atoms with Gasteiger partial charge in [0, 0.05) is 0 Å². The summed E-state index contributed by atoms with van der Waals surface area (Å²) in [5.41, 5.74) is 3.35. The first kappa shape index (κ1) is 17.9. The zero-order valence-electron chi connectivity index (χ0n) is 14.6. The average Bonchev–Trinajstić information content (AvgIpc) is 2.71. The summed E-state index contributed by atoms with van der Waals surface area (Å²) in [4.78, 5) is 12.0. The third-order valence-corrected chi connectivity index (χ3v) is 7.70. The molecule has 26 heavy (non-hydrogen) atoms. The molecule has 3 rings (SSSR count). The molecule has 0 radical (unpaired) electrons. The molecule has 0 saturated carbocycles. The number of benzene rings is 3. The smallest absolute Gasteiger partial charge is 0.387 e. The molecule has 0 fully saturated rings. The molecule has 0 amide bonds. The van der Waals surface area contributed by atoms with Crippen LogP contribution in [0.15, 0.2) is 91.0 Å². The van der Waals surface area contributed by atoms with E-state index in [0.29, 0.717) is 6.61 Å². The monoisotopic (exact) mass is 359 g/mol. The Labute approximate surface area is 155 Å². The van der Waals surface area contributed by atoms with Crippen molar-refractivity contribution < 1.29 is 9.53 Å². The largest absolute Gasteiger partial charge is 0.456 e. The minimum absolute atomic E-state index is 0.320. The van der Waals surface area contributed by atoms with Gasteiger partial charge in [-0.2, -0.15) is 0 Å². The molecule has 0 N–H and O–H groups in total. The maximum absolute atomic E-state index is 12.0. The average molecular weight is 359 g/mol. The van der Waals surface area contributed by atoms with E-state index in [9.17, 15) is 4.79 Å². The van der Waals surface area contributed by atoms with E-state index >= 15 is 0 Å². The van der Waals surface area contributed by atoms with Gasteiger partial charge in [0.1, 0.15) is 21.6 Å². The lowest BCUT2D eigenvalue weighted by Crippen LogP contribution is -2.30. The fourth-order valence-corrected chi connectivity index (χ4v) is 6.29. The van der Waals surface area contributed by atoms with Gasteiger partial charge in [-0.1, -0.05) is 54.6 Å². The van der Waals surface area contributed by atoms with Crippen LogP contribution in [0.4, 0.5) is 0 Å². The minimum Gasteiger partial charge on any atom is -0.456 e. The number of carbonyl (C=O) groups excluding carboxylic acids is 1. The molecule has 3 heteroatoms. The van der Waals surface area contributed by atoms with Crippen LogP contribution in [0, 0.1) is 11.6 Å². The third kappa shape index (κ3) is 3.69. The Kier molecular flexibility index (Phi) is 5.84. The predicted molar refractivity (Wildman–Crippen MR) is 110 cm³/mol. The molecule has 0 aliphatic heterocycles. The molecule has 128 valence electrons. The van der Waals surface area contributed by atoms with Crippen molar-refractivity contribution in [3.05, 3.63) is 91.0 Å². The van der Waals surface area contributed by atoms with Gasteiger partial charge >= 0.3 is 5.97 Å². The normalized spacial score (nSPS) is 10.5. The van der Waals surface area contributed by atoms with Crippen LogP contribution in [0.1, 0.15) is 6.92 Å². The van der Waals surface area contributed by atoms with Crippen molar-refractivity contribution in [3.63, 3.8) is 0 Å². The third-order valence-electron chi connectivity index (χ3n) is 4.03. The molecular weight excluding hydrogens is 339 g/mol. The van der Waals surface area contributed by atoms with E-state index in [-0.39, 0.29) is 0 Å². The van der Waals surface area contributed by atoms with E-state index in [1.165, 1.54) is 0 Å². The zero-order chi connectivity index (χ0) is 18.2. The SMILES string of the molecule is CCOC(=O)C#C[P+](c1ccccc1)(c1ccccc1)c1ccccc1. The molecule has 0 unspecified atom stereocenters. The van der Waals surface area contributed by atoms with Crippen LogP contribution in [0.5, 0.6) is 0 Å². The van der Waals surface area contributed by atoms with Crippen LogP contribution < -0.4 is 15.9 Å². The highest BCUT2D eigenvalue weighted by atomic mass is 31.2.